The Bertz CT molecular complexity index is 511. The van der Waals surface area contributed by atoms with Gasteiger partial charge in [0.2, 0.25) is 0 Å². The van der Waals surface area contributed by atoms with E-state index < -0.39 is 0 Å². The van der Waals surface area contributed by atoms with Gasteiger partial charge in [-0.25, -0.2) is 0 Å². The second-order valence-electron chi connectivity index (χ2n) is 5.70. The Kier molecular flexibility index (Phi) is 6.01. The van der Waals surface area contributed by atoms with Crippen LogP contribution in [-0.2, 0) is 0 Å². The maximum Gasteiger partial charge on any atom is -0.00132 e. The highest BCUT2D eigenvalue weighted by molar-refractivity contribution is 5.63. The maximum atomic E-state index is 2.49. The molecule has 0 saturated carbocycles. The predicted octanol–water partition coefficient (Wildman–Crippen LogP) is 5.19. The van der Waals surface area contributed by atoms with Gasteiger partial charge in [-0.15, -0.1) is 0 Å². The van der Waals surface area contributed by atoms with Crippen LogP contribution in [0.4, 0.5) is 0 Å². The standard InChI is InChI=1S/C20H27N/c1-4-21(5-2)16-15-17(3)18-11-13-20(14-12-18)19-9-7-6-8-10-19/h6-14,17H,4-5,15-16H2,1-3H3. The van der Waals surface area contributed by atoms with Crippen molar-refractivity contribution in [2.24, 2.45) is 0 Å². The van der Waals surface area contributed by atoms with Gasteiger partial charge in [-0.3, -0.25) is 0 Å². The molecule has 2 aromatic carbocycles. The van der Waals surface area contributed by atoms with Crippen molar-refractivity contribution >= 4 is 0 Å². The van der Waals surface area contributed by atoms with Gasteiger partial charge in [-0.1, -0.05) is 75.4 Å². The molecular weight excluding hydrogens is 254 g/mol. The Balaban J connectivity index is 1.98. The number of benzene rings is 2. The molecule has 0 fully saturated rings. The van der Waals surface area contributed by atoms with Crippen molar-refractivity contribution in [3.63, 3.8) is 0 Å². The normalized spacial score (nSPS) is 12.6. The van der Waals surface area contributed by atoms with Gasteiger partial charge in [0.1, 0.15) is 0 Å². The van der Waals surface area contributed by atoms with Crippen LogP contribution in [0, 0.1) is 0 Å². The molecule has 0 spiro atoms. The van der Waals surface area contributed by atoms with Gasteiger partial charge in [0.05, 0.1) is 0 Å². The first-order chi connectivity index (χ1) is 10.2. The highest BCUT2D eigenvalue weighted by atomic mass is 15.1. The highest BCUT2D eigenvalue weighted by Gasteiger charge is 2.08. The summed E-state index contributed by atoms with van der Waals surface area (Å²) in [5.41, 5.74) is 4.04. The number of nitrogens with zero attached hydrogens (tertiary/aromatic N) is 1. The molecule has 1 unspecified atom stereocenters. The number of hydrogen-bond acceptors (Lipinski definition) is 1. The van der Waals surface area contributed by atoms with Gasteiger partial charge in [-0.05, 0) is 48.7 Å². The van der Waals surface area contributed by atoms with E-state index in [-0.39, 0.29) is 0 Å². The van der Waals surface area contributed by atoms with Crippen molar-refractivity contribution < 1.29 is 0 Å². The maximum absolute atomic E-state index is 2.49. The van der Waals surface area contributed by atoms with E-state index in [0.717, 1.165) is 13.1 Å². The zero-order chi connectivity index (χ0) is 15.1. The molecule has 0 radical (unpaired) electrons. The molecule has 1 atom stereocenters. The minimum Gasteiger partial charge on any atom is -0.304 e. The Labute approximate surface area is 129 Å². The molecule has 2 aromatic rings. The zero-order valence-corrected chi connectivity index (χ0v) is 13.5. The quantitative estimate of drug-likeness (QED) is 0.675. The Morgan fingerprint density at radius 1 is 0.810 bits per heavy atom. The fraction of sp³-hybridized carbons (Fsp3) is 0.400. The minimum absolute atomic E-state index is 0.621. The van der Waals surface area contributed by atoms with Crippen LogP contribution in [0.5, 0.6) is 0 Å². The highest BCUT2D eigenvalue weighted by Crippen LogP contribution is 2.24. The molecule has 1 heteroatoms. The molecular formula is C20H27N. The summed E-state index contributed by atoms with van der Waals surface area (Å²) >= 11 is 0. The van der Waals surface area contributed by atoms with Crippen molar-refractivity contribution in [1.29, 1.82) is 0 Å². The fourth-order valence-electron chi connectivity index (χ4n) is 2.72. The third kappa shape index (κ3) is 4.44. The lowest BCUT2D eigenvalue weighted by molar-refractivity contribution is 0.292. The first-order valence-corrected chi connectivity index (χ1v) is 8.12. The van der Waals surface area contributed by atoms with Gasteiger partial charge in [0, 0.05) is 0 Å². The van der Waals surface area contributed by atoms with Crippen LogP contribution in [0.1, 0.15) is 38.7 Å². The molecule has 0 aliphatic heterocycles. The third-order valence-corrected chi connectivity index (χ3v) is 4.36. The summed E-state index contributed by atoms with van der Waals surface area (Å²) in [6.07, 6.45) is 1.23. The second kappa shape index (κ2) is 7.99. The number of hydrogen-bond donors (Lipinski definition) is 0. The summed E-state index contributed by atoms with van der Waals surface area (Å²) in [6.45, 7) is 10.3. The van der Waals surface area contributed by atoms with Crippen LogP contribution in [0.3, 0.4) is 0 Å². The topological polar surface area (TPSA) is 3.24 Å². The van der Waals surface area contributed by atoms with Crippen LogP contribution in [0.25, 0.3) is 11.1 Å². The van der Waals surface area contributed by atoms with E-state index in [9.17, 15) is 0 Å². The monoisotopic (exact) mass is 281 g/mol. The van der Waals surface area contributed by atoms with E-state index in [2.05, 4.69) is 80.3 Å². The number of rotatable bonds is 7. The fourth-order valence-corrected chi connectivity index (χ4v) is 2.72. The second-order valence-corrected chi connectivity index (χ2v) is 5.70. The van der Waals surface area contributed by atoms with Crippen molar-refractivity contribution in [2.75, 3.05) is 19.6 Å². The largest absolute Gasteiger partial charge is 0.304 e. The average Bonchev–Trinajstić information content (AvgIpc) is 2.56. The van der Waals surface area contributed by atoms with Crippen molar-refractivity contribution in [3.8, 4) is 11.1 Å². The molecule has 0 N–H and O–H groups in total. The van der Waals surface area contributed by atoms with Gasteiger partial charge >= 0.3 is 0 Å². The van der Waals surface area contributed by atoms with Crippen LogP contribution in [0.15, 0.2) is 54.6 Å². The van der Waals surface area contributed by atoms with Crippen LogP contribution >= 0.6 is 0 Å². The van der Waals surface area contributed by atoms with Crippen LogP contribution in [0.2, 0.25) is 0 Å². The third-order valence-electron chi connectivity index (χ3n) is 4.36. The smallest absolute Gasteiger partial charge is 0.00132 e. The molecule has 0 aromatic heterocycles. The summed E-state index contributed by atoms with van der Waals surface area (Å²) in [6, 6.07) is 19.7. The first-order valence-electron chi connectivity index (χ1n) is 8.12. The predicted molar refractivity (Wildman–Crippen MR) is 92.7 cm³/mol. The van der Waals surface area contributed by atoms with E-state index in [4.69, 9.17) is 0 Å². The van der Waals surface area contributed by atoms with Crippen molar-refractivity contribution in [2.45, 2.75) is 33.1 Å². The van der Waals surface area contributed by atoms with E-state index in [1.807, 2.05) is 0 Å². The summed E-state index contributed by atoms with van der Waals surface area (Å²) in [5, 5.41) is 0. The SMILES string of the molecule is CCN(CC)CCC(C)c1ccc(-c2ccccc2)cc1. The van der Waals surface area contributed by atoms with Gasteiger partial charge in [0.15, 0.2) is 0 Å². The minimum atomic E-state index is 0.621. The Morgan fingerprint density at radius 3 is 1.95 bits per heavy atom. The molecule has 0 bridgehead atoms. The van der Waals surface area contributed by atoms with E-state index >= 15 is 0 Å². The molecule has 0 aliphatic carbocycles. The summed E-state index contributed by atoms with van der Waals surface area (Å²) in [7, 11) is 0. The van der Waals surface area contributed by atoms with E-state index in [0.29, 0.717) is 5.92 Å². The Morgan fingerprint density at radius 2 is 1.38 bits per heavy atom. The van der Waals surface area contributed by atoms with Gasteiger partial charge in [-0.2, -0.15) is 0 Å². The first kappa shape index (κ1) is 15.8. The van der Waals surface area contributed by atoms with Gasteiger partial charge < -0.3 is 4.90 Å². The summed E-state index contributed by atoms with van der Waals surface area (Å²) in [4.78, 5) is 2.49. The zero-order valence-electron chi connectivity index (χ0n) is 13.5. The van der Waals surface area contributed by atoms with Crippen LogP contribution < -0.4 is 0 Å². The molecule has 1 nitrogen and oxygen atoms in total. The molecule has 0 heterocycles. The molecule has 2 rings (SSSR count). The molecule has 21 heavy (non-hydrogen) atoms. The lowest BCUT2D eigenvalue weighted by Gasteiger charge is -2.20. The summed E-state index contributed by atoms with van der Waals surface area (Å²) in [5.74, 6) is 0.621. The molecule has 0 saturated heterocycles. The Hall–Kier alpha value is -1.60. The molecule has 112 valence electrons. The van der Waals surface area contributed by atoms with Crippen molar-refractivity contribution in [1.82, 2.24) is 4.90 Å². The van der Waals surface area contributed by atoms with E-state index in [1.54, 1.807) is 0 Å². The lowest BCUT2D eigenvalue weighted by Crippen LogP contribution is -2.24. The van der Waals surface area contributed by atoms with E-state index in [1.165, 1.54) is 29.7 Å². The van der Waals surface area contributed by atoms with Crippen LogP contribution in [-0.4, -0.2) is 24.5 Å². The lowest BCUT2D eigenvalue weighted by atomic mass is 9.95. The average molecular weight is 281 g/mol. The van der Waals surface area contributed by atoms with Gasteiger partial charge in [0.25, 0.3) is 0 Å². The molecule has 0 amide bonds. The molecule has 0 aliphatic rings. The van der Waals surface area contributed by atoms with Crippen molar-refractivity contribution in [3.05, 3.63) is 60.2 Å². The summed E-state index contributed by atoms with van der Waals surface area (Å²) < 4.78 is 0.